The van der Waals surface area contributed by atoms with Gasteiger partial charge in [-0.1, -0.05) is 12.1 Å². The maximum Gasteiger partial charge on any atom is 0.269 e. The molecule has 0 N–H and O–H groups in total. The standard InChI is InChI=1S/C13H18N2O3/c1-10-7-14(8-11(2)18-10)9-12-4-3-5-13(6-12)15(16)17/h3-6,10-11H,7-9H2,1-2H3/t10-,11-/m0/s1. The highest BCUT2D eigenvalue weighted by Gasteiger charge is 2.22. The minimum absolute atomic E-state index is 0.154. The summed E-state index contributed by atoms with van der Waals surface area (Å²) in [7, 11) is 0. The van der Waals surface area contributed by atoms with Gasteiger partial charge < -0.3 is 4.74 Å². The molecule has 0 aliphatic carbocycles. The predicted octanol–water partition coefficient (Wildman–Crippen LogP) is 2.20. The van der Waals surface area contributed by atoms with E-state index < -0.39 is 0 Å². The lowest BCUT2D eigenvalue weighted by Gasteiger charge is -2.35. The Hall–Kier alpha value is -1.46. The van der Waals surface area contributed by atoms with E-state index in [9.17, 15) is 10.1 Å². The van der Waals surface area contributed by atoms with E-state index in [2.05, 4.69) is 18.7 Å². The highest BCUT2D eigenvalue weighted by atomic mass is 16.6. The molecule has 1 aromatic rings. The summed E-state index contributed by atoms with van der Waals surface area (Å²) in [6.45, 7) is 6.58. The van der Waals surface area contributed by atoms with E-state index in [0.717, 1.165) is 25.2 Å². The van der Waals surface area contributed by atoms with Gasteiger partial charge in [-0.05, 0) is 19.4 Å². The molecule has 0 aromatic heterocycles. The van der Waals surface area contributed by atoms with Crippen molar-refractivity contribution in [2.24, 2.45) is 0 Å². The first-order chi connectivity index (χ1) is 8.54. The van der Waals surface area contributed by atoms with Crippen molar-refractivity contribution >= 4 is 5.69 Å². The van der Waals surface area contributed by atoms with Crippen molar-refractivity contribution in [3.05, 3.63) is 39.9 Å². The Morgan fingerprint density at radius 1 is 1.39 bits per heavy atom. The van der Waals surface area contributed by atoms with Crippen LogP contribution in [0.3, 0.4) is 0 Å². The van der Waals surface area contributed by atoms with Gasteiger partial charge in [0.15, 0.2) is 0 Å². The lowest BCUT2D eigenvalue weighted by Crippen LogP contribution is -2.44. The van der Waals surface area contributed by atoms with Crippen molar-refractivity contribution in [3.8, 4) is 0 Å². The van der Waals surface area contributed by atoms with Crippen molar-refractivity contribution in [1.29, 1.82) is 0 Å². The van der Waals surface area contributed by atoms with Crippen LogP contribution in [0.15, 0.2) is 24.3 Å². The quantitative estimate of drug-likeness (QED) is 0.609. The summed E-state index contributed by atoms with van der Waals surface area (Å²) in [5.41, 5.74) is 1.13. The molecule has 2 atom stereocenters. The summed E-state index contributed by atoms with van der Waals surface area (Å²) in [4.78, 5) is 12.6. The molecule has 5 nitrogen and oxygen atoms in total. The molecule has 0 spiro atoms. The Morgan fingerprint density at radius 2 is 2.06 bits per heavy atom. The fourth-order valence-electron chi connectivity index (χ4n) is 2.44. The highest BCUT2D eigenvalue weighted by Crippen LogP contribution is 2.17. The van der Waals surface area contributed by atoms with Crippen LogP contribution < -0.4 is 0 Å². The summed E-state index contributed by atoms with van der Waals surface area (Å²) in [6, 6.07) is 6.83. The van der Waals surface area contributed by atoms with E-state index in [1.165, 1.54) is 6.07 Å². The molecular weight excluding hydrogens is 232 g/mol. The van der Waals surface area contributed by atoms with Gasteiger partial charge in [-0.3, -0.25) is 15.0 Å². The summed E-state index contributed by atoms with van der Waals surface area (Å²) >= 11 is 0. The number of rotatable bonds is 3. The molecule has 5 heteroatoms. The van der Waals surface area contributed by atoms with Gasteiger partial charge in [-0.15, -0.1) is 0 Å². The van der Waals surface area contributed by atoms with E-state index in [-0.39, 0.29) is 22.8 Å². The predicted molar refractivity (Wildman–Crippen MR) is 68.4 cm³/mol. The Balaban J connectivity index is 2.04. The number of morpholine rings is 1. The molecule has 0 bridgehead atoms. The van der Waals surface area contributed by atoms with Gasteiger partial charge in [0.2, 0.25) is 0 Å². The minimum atomic E-state index is -0.353. The van der Waals surface area contributed by atoms with Gasteiger partial charge >= 0.3 is 0 Å². The average Bonchev–Trinajstić information content (AvgIpc) is 2.27. The normalized spacial score (nSPS) is 25.0. The molecule has 1 aliphatic heterocycles. The zero-order valence-corrected chi connectivity index (χ0v) is 10.7. The lowest BCUT2D eigenvalue weighted by molar-refractivity contribution is -0.384. The van der Waals surface area contributed by atoms with Gasteiger partial charge in [0.1, 0.15) is 0 Å². The van der Waals surface area contributed by atoms with Gasteiger partial charge in [0.05, 0.1) is 17.1 Å². The first-order valence-electron chi connectivity index (χ1n) is 6.15. The number of benzene rings is 1. The molecule has 2 rings (SSSR count). The van der Waals surface area contributed by atoms with Gasteiger partial charge in [0.25, 0.3) is 5.69 Å². The minimum Gasteiger partial charge on any atom is -0.373 e. The highest BCUT2D eigenvalue weighted by molar-refractivity contribution is 5.34. The van der Waals surface area contributed by atoms with Crippen LogP contribution >= 0.6 is 0 Å². The third kappa shape index (κ3) is 3.27. The summed E-state index contributed by atoms with van der Waals surface area (Å²) in [5, 5.41) is 10.7. The Kier molecular flexibility index (Phi) is 3.93. The molecule has 0 amide bonds. The molecule has 18 heavy (non-hydrogen) atoms. The number of nitrogens with zero attached hydrogens (tertiary/aromatic N) is 2. The second kappa shape index (κ2) is 5.46. The van der Waals surface area contributed by atoms with Gasteiger partial charge in [-0.25, -0.2) is 0 Å². The number of nitro groups is 1. The largest absolute Gasteiger partial charge is 0.373 e. The number of hydrogen-bond acceptors (Lipinski definition) is 4. The number of non-ortho nitro benzene ring substituents is 1. The summed E-state index contributed by atoms with van der Waals surface area (Å²) in [5.74, 6) is 0. The van der Waals surface area contributed by atoms with Crippen LogP contribution in [0.4, 0.5) is 5.69 Å². The molecular formula is C13H18N2O3. The van der Waals surface area contributed by atoms with E-state index in [4.69, 9.17) is 4.74 Å². The monoisotopic (exact) mass is 250 g/mol. The summed E-state index contributed by atoms with van der Waals surface area (Å²) in [6.07, 6.45) is 0.430. The van der Waals surface area contributed by atoms with Crippen molar-refractivity contribution in [2.45, 2.75) is 32.6 Å². The van der Waals surface area contributed by atoms with Crippen molar-refractivity contribution in [3.63, 3.8) is 0 Å². The Bertz CT molecular complexity index is 426. The zero-order valence-electron chi connectivity index (χ0n) is 10.7. The molecule has 1 heterocycles. The topological polar surface area (TPSA) is 55.6 Å². The van der Waals surface area contributed by atoms with Crippen LogP contribution in [0.1, 0.15) is 19.4 Å². The van der Waals surface area contributed by atoms with Crippen LogP contribution in [-0.4, -0.2) is 35.1 Å². The van der Waals surface area contributed by atoms with Crippen LogP contribution in [0.25, 0.3) is 0 Å². The third-order valence-corrected chi connectivity index (χ3v) is 3.02. The molecule has 0 saturated carbocycles. The van der Waals surface area contributed by atoms with Gasteiger partial charge in [0, 0.05) is 31.8 Å². The fourth-order valence-corrected chi connectivity index (χ4v) is 2.44. The smallest absolute Gasteiger partial charge is 0.269 e. The first-order valence-corrected chi connectivity index (χ1v) is 6.15. The van der Waals surface area contributed by atoms with E-state index in [1.54, 1.807) is 12.1 Å². The van der Waals surface area contributed by atoms with Crippen molar-refractivity contribution in [2.75, 3.05) is 13.1 Å². The average molecular weight is 250 g/mol. The maximum absolute atomic E-state index is 10.7. The van der Waals surface area contributed by atoms with Gasteiger partial charge in [-0.2, -0.15) is 0 Å². The lowest BCUT2D eigenvalue weighted by atomic mass is 10.1. The number of ether oxygens (including phenoxy) is 1. The number of nitro benzene ring substituents is 1. The molecule has 0 radical (unpaired) electrons. The SMILES string of the molecule is C[C@H]1CN(Cc2cccc([N+](=O)[O-])c2)C[C@H](C)O1. The maximum atomic E-state index is 10.7. The van der Waals surface area contributed by atoms with Crippen LogP contribution in [0.5, 0.6) is 0 Å². The van der Waals surface area contributed by atoms with E-state index >= 15 is 0 Å². The van der Waals surface area contributed by atoms with E-state index in [1.807, 2.05) is 6.07 Å². The molecule has 1 aromatic carbocycles. The molecule has 1 aliphatic rings. The van der Waals surface area contributed by atoms with Crippen molar-refractivity contribution < 1.29 is 9.66 Å². The first kappa shape index (κ1) is 13.0. The number of hydrogen-bond donors (Lipinski definition) is 0. The van der Waals surface area contributed by atoms with Crippen LogP contribution in [0.2, 0.25) is 0 Å². The summed E-state index contributed by atoms with van der Waals surface area (Å²) < 4.78 is 5.67. The molecule has 1 saturated heterocycles. The second-order valence-electron chi connectivity index (χ2n) is 4.88. The molecule has 0 unspecified atom stereocenters. The zero-order chi connectivity index (χ0) is 13.1. The Labute approximate surface area is 107 Å². The second-order valence-corrected chi connectivity index (χ2v) is 4.88. The van der Waals surface area contributed by atoms with E-state index in [0.29, 0.717) is 0 Å². The molecule has 98 valence electrons. The van der Waals surface area contributed by atoms with Crippen LogP contribution in [-0.2, 0) is 11.3 Å². The van der Waals surface area contributed by atoms with Crippen LogP contribution in [0, 0.1) is 10.1 Å². The Morgan fingerprint density at radius 3 is 2.67 bits per heavy atom. The third-order valence-electron chi connectivity index (χ3n) is 3.02. The van der Waals surface area contributed by atoms with Crippen molar-refractivity contribution in [1.82, 2.24) is 4.90 Å². The molecule has 1 fully saturated rings. The fraction of sp³-hybridized carbons (Fsp3) is 0.538.